The number of hydrogen-bond acceptors (Lipinski definition) is 12. The molecule has 2 aromatic heterocycles. The number of carbonyl (C=O) groups excluding carboxylic acids is 1. The van der Waals surface area contributed by atoms with E-state index in [9.17, 15) is 10.1 Å². The highest BCUT2D eigenvalue weighted by atomic mass is 16.5. The van der Waals surface area contributed by atoms with Crippen molar-refractivity contribution in [2.45, 2.75) is 26.0 Å². The molecule has 0 bridgehead atoms. The van der Waals surface area contributed by atoms with E-state index in [2.05, 4.69) is 40.5 Å². The van der Waals surface area contributed by atoms with Crippen LogP contribution in [-0.4, -0.2) is 128 Å². The lowest BCUT2D eigenvalue weighted by atomic mass is 9.43. The first-order chi connectivity index (χ1) is 19.6. The molecule has 0 atom stereocenters. The van der Waals surface area contributed by atoms with Gasteiger partial charge in [-0.3, -0.25) is 9.80 Å². The van der Waals surface area contributed by atoms with Crippen molar-refractivity contribution in [1.29, 1.82) is 5.26 Å². The SMILES string of the molecule is CCOC(=O)c1cnc(N2CCN(CCOCCN3CCN(c4ncc5c(n4)CCB(C#N)C5)CC3)CC2)nc1. The molecule has 0 radical (unpaired) electrons. The molecule has 3 aliphatic heterocycles. The molecule has 0 spiro atoms. The number of nitriles is 1. The molecule has 0 aromatic carbocycles. The third kappa shape index (κ3) is 7.24. The molecule has 40 heavy (non-hydrogen) atoms. The van der Waals surface area contributed by atoms with E-state index in [-0.39, 0.29) is 6.71 Å². The molecule has 12 nitrogen and oxygen atoms in total. The van der Waals surface area contributed by atoms with Gasteiger partial charge >= 0.3 is 5.97 Å². The minimum absolute atomic E-state index is 0.0999. The molecule has 2 aromatic rings. The number of esters is 1. The van der Waals surface area contributed by atoms with Crippen LogP contribution in [0.4, 0.5) is 11.9 Å². The van der Waals surface area contributed by atoms with E-state index in [1.807, 2.05) is 6.20 Å². The van der Waals surface area contributed by atoms with Crippen molar-refractivity contribution in [1.82, 2.24) is 29.7 Å². The van der Waals surface area contributed by atoms with Crippen molar-refractivity contribution in [2.75, 3.05) is 95.1 Å². The molecule has 0 N–H and O–H groups in total. The van der Waals surface area contributed by atoms with Crippen molar-refractivity contribution in [3.8, 4) is 5.97 Å². The van der Waals surface area contributed by atoms with Crippen LogP contribution in [0.1, 0.15) is 28.5 Å². The van der Waals surface area contributed by atoms with E-state index < -0.39 is 5.97 Å². The van der Waals surface area contributed by atoms with E-state index in [4.69, 9.17) is 14.5 Å². The summed E-state index contributed by atoms with van der Waals surface area (Å²) in [6, 6.07) is 0. The monoisotopic (exact) mass is 547 g/mol. The third-order valence-corrected chi connectivity index (χ3v) is 7.88. The molecule has 0 unspecified atom stereocenters. The molecule has 212 valence electrons. The van der Waals surface area contributed by atoms with Gasteiger partial charge in [-0.05, 0) is 25.2 Å². The molecular formula is C27H38BN9O3. The van der Waals surface area contributed by atoms with Gasteiger partial charge in [-0.2, -0.15) is 0 Å². The summed E-state index contributed by atoms with van der Waals surface area (Å²) in [6.07, 6.45) is 7.55. The number of piperazine rings is 2. The third-order valence-electron chi connectivity index (χ3n) is 7.88. The number of aryl methyl sites for hydroxylation is 1. The maximum absolute atomic E-state index is 11.8. The number of fused-ring (bicyclic) bond motifs is 1. The lowest BCUT2D eigenvalue weighted by Gasteiger charge is -2.35. The molecule has 0 amide bonds. The summed E-state index contributed by atoms with van der Waals surface area (Å²) >= 11 is 0. The largest absolute Gasteiger partial charge is 0.462 e. The quantitative estimate of drug-likeness (QED) is 0.235. The average molecular weight is 547 g/mol. The van der Waals surface area contributed by atoms with E-state index in [0.717, 1.165) is 115 Å². The summed E-state index contributed by atoms with van der Waals surface area (Å²) in [7, 11) is 0. The zero-order valence-corrected chi connectivity index (χ0v) is 23.4. The van der Waals surface area contributed by atoms with Crippen LogP contribution in [0.15, 0.2) is 18.6 Å². The van der Waals surface area contributed by atoms with Crippen LogP contribution in [0.2, 0.25) is 6.32 Å². The Bertz CT molecular complexity index is 1160. The molecule has 5 rings (SSSR count). The number of nitrogens with zero attached hydrogens (tertiary/aromatic N) is 9. The highest BCUT2D eigenvalue weighted by Gasteiger charge is 2.26. The highest BCUT2D eigenvalue weighted by molar-refractivity contribution is 6.66. The first-order valence-corrected chi connectivity index (χ1v) is 14.4. The Kier molecular flexibility index (Phi) is 9.75. The molecule has 2 fully saturated rings. The fourth-order valence-electron chi connectivity index (χ4n) is 5.40. The van der Waals surface area contributed by atoms with Crippen LogP contribution in [0.3, 0.4) is 0 Å². The summed E-state index contributed by atoms with van der Waals surface area (Å²) in [5, 5.41) is 9.20. The van der Waals surface area contributed by atoms with E-state index in [1.54, 1.807) is 6.92 Å². The number of carbonyl (C=O) groups is 1. The summed E-state index contributed by atoms with van der Waals surface area (Å²) in [6.45, 7) is 12.8. The van der Waals surface area contributed by atoms with Crippen LogP contribution in [0, 0.1) is 11.2 Å². The van der Waals surface area contributed by atoms with Crippen molar-refractivity contribution >= 4 is 24.6 Å². The van der Waals surface area contributed by atoms with E-state index >= 15 is 0 Å². The Hall–Kier alpha value is -3.34. The van der Waals surface area contributed by atoms with Gasteiger partial charge < -0.3 is 19.3 Å². The number of ether oxygens (including phenoxy) is 2. The van der Waals surface area contributed by atoms with Crippen LogP contribution in [-0.2, 0) is 22.2 Å². The Balaban J connectivity index is 0.941. The lowest BCUT2D eigenvalue weighted by Crippen LogP contribution is -2.48. The van der Waals surface area contributed by atoms with Gasteiger partial charge in [-0.15, -0.1) is 0 Å². The summed E-state index contributed by atoms with van der Waals surface area (Å²) in [5.74, 6) is 3.46. The second-order valence-electron chi connectivity index (χ2n) is 10.5. The topological polar surface area (TPSA) is 124 Å². The fourth-order valence-corrected chi connectivity index (χ4v) is 5.40. The summed E-state index contributed by atoms with van der Waals surface area (Å²) in [4.78, 5) is 39.2. The minimum Gasteiger partial charge on any atom is -0.462 e. The Labute approximate surface area is 236 Å². The average Bonchev–Trinajstić information content (AvgIpc) is 3.01. The predicted octanol–water partition coefficient (Wildman–Crippen LogP) is 0.599. The van der Waals surface area contributed by atoms with Gasteiger partial charge in [0.05, 0.1) is 25.4 Å². The second kappa shape index (κ2) is 13.8. The van der Waals surface area contributed by atoms with Crippen molar-refractivity contribution < 1.29 is 14.3 Å². The number of aromatic nitrogens is 4. The van der Waals surface area contributed by atoms with Gasteiger partial charge in [0, 0.05) is 95.7 Å². The molecule has 0 saturated carbocycles. The Morgan fingerprint density at radius 1 is 0.925 bits per heavy atom. The molecule has 13 heteroatoms. The Morgan fingerprint density at radius 3 is 2.12 bits per heavy atom. The van der Waals surface area contributed by atoms with Crippen LogP contribution in [0.25, 0.3) is 0 Å². The molecule has 3 aliphatic rings. The van der Waals surface area contributed by atoms with Crippen LogP contribution in [0.5, 0.6) is 0 Å². The number of rotatable bonds is 10. The van der Waals surface area contributed by atoms with Gasteiger partial charge in [-0.1, -0.05) is 6.32 Å². The van der Waals surface area contributed by atoms with Gasteiger partial charge in [0.1, 0.15) is 0 Å². The Morgan fingerprint density at radius 2 is 1.52 bits per heavy atom. The lowest BCUT2D eigenvalue weighted by molar-refractivity contribution is 0.0525. The summed E-state index contributed by atoms with van der Waals surface area (Å²) in [5.41, 5.74) is 2.63. The van der Waals surface area contributed by atoms with Crippen LogP contribution < -0.4 is 9.80 Å². The van der Waals surface area contributed by atoms with Gasteiger partial charge in [0.2, 0.25) is 11.9 Å². The first kappa shape index (κ1) is 28.2. The zero-order chi connectivity index (χ0) is 27.7. The van der Waals surface area contributed by atoms with Gasteiger partial charge in [0.25, 0.3) is 6.71 Å². The fraction of sp³-hybridized carbons (Fsp3) is 0.630. The van der Waals surface area contributed by atoms with E-state index in [0.29, 0.717) is 18.1 Å². The maximum atomic E-state index is 11.8. The number of anilines is 2. The van der Waals surface area contributed by atoms with Gasteiger partial charge in [0.15, 0.2) is 0 Å². The zero-order valence-electron chi connectivity index (χ0n) is 23.4. The molecule has 5 heterocycles. The van der Waals surface area contributed by atoms with Crippen molar-refractivity contribution in [3.05, 3.63) is 35.4 Å². The van der Waals surface area contributed by atoms with Crippen molar-refractivity contribution in [2.24, 2.45) is 0 Å². The van der Waals surface area contributed by atoms with Gasteiger partial charge in [-0.25, -0.2) is 30.0 Å². The van der Waals surface area contributed by atoms with Crippen LogP contribution >= 0.6 is 0 Å². The smallest absolute Gasteiger partial charge is 0.341 e. The standard InChI is InChI=1S/C27H38BN9O3/c1-2-40-25(38)23-19-30-26(31-20-23)36-9-5-34(6-10-36)13-15-39-16-14-35-7-11-37(12-8-35)27-32-18-22-17-28(21-29)4-3-24(22)33-27/h18-20H,2-17H2,1H3. The molecular weight excluding hydrogens is 509 g/mol. The maximum Gasteiger partial charge on any atom is 0.341 e. The minimum atomic E-state index is -0.391. The van der Waals surface area contributed by atoms with Crippen molar-refractivity contribution in [3.63, 3.8) is 0 Å². The second-order valence-corrected chi connectivity index (χ2v) is 10.5. The van der Waals surface area contributed by atoms with E-state index in [1.165, 1.54) is 12.4 Å². The number of hydrogen-bond donors (Lipinski definition) is 0. The highest BCUT2D eigenvalue weighted by Crippen LogP contribution is 2.22. The first-order valence-electron chi connectivity index (χ1n) is 14.4. The summed E-state index contributed by atoms with van der Waals surface area (Å²) < 4.78 is 11.0. The molecule has 2 saturated heterocycles. The normalized spacial score (nSPS) is 18.4. The predicted molar refractivity (Wildman–Crippen MR) is 152 cm³/mol. The molecule has 0 aliphatic carbocycles.